The molecular formula is C9H19IO2Si. The van der Waals surface area contributed by atoms with E-state index in [0.29, 0.717) is 0 Å². The van der Waals surface area contributed by atoms with Gasteiger partial charge >= 0.3 is 8.56 Å². The highest BCUT2D eigenvalue weighted by atomic mass is 127. The van der Waals surface area contributed by atoms with Crippen molar-refractivity contribution >= 4 is 31.2 Å². The van der Waals surface area contributed by atoms with Crippen molar-refractivity contribution in [3.63, 3.8) is 0 Å². The molecule has 0 amide bonds. The zero-order valence-electron chi connectivity index (χ0n) is 8.84. The van der Waals surface area contributed by atoms with Crippen LogP contribution in [0.2, 0.25) is 0 Å². The van der Waals surface area contributed by atoms with E-state index in [1.54, 1.807) is 0 Å². The largest absolute Gasteiger partial charge is 0.388 e. The minimum Gasteiger partial charge on any atom is -0.388 e. The van der Waals surface area contributed by atoms with Gasteiger partial charge in [0.1, 0.15) is 0 Å². The van der Waals surface area contributed by atoms with Crippen molar-refractivity contribution in [2.45, 2.75) is 39.9 Å². The molecule has 0 bridgehead atoms. The number of hydrogen-bond acceptors (Lipinski definition) is 2. The van der Waals surface area contributed by atoms with E-state index >= 15 is 0 Å². The summed E-state index contributed by atoms with van der Waals surface area (Å²) in [5.74, 6) is 0. The molecule has 0 fully saturated rings. The molecule has 0 aromatic rings. The second-order valence-electron chi connectivity index (χ2n) is 3.48. The van der Waals surface area contributed by atoms with E-state index in [9.17, 15) is 0 Å². The van der Waals surface area contributed by atoms with Crippen molar-refractivity contribution in [1.29, 1.82) is 0 Å². The highest BCUT2D eigenvalue weighted by Gasteiger charge is 2.35. The Bertz CT molecular complexity index is 150. The number of alkyl halides is 1. The summed E-state index contributed by atoms with van der Waals surface area (Å²) in [7, 11) is -2.12. The Morgan fingerprint density at radius 1 is 1.23 bits per heavy atom. The van der Waals surface area contributed by atoms with Crippen molar-refractivity contribution in [3.05, 3.63) is 12.3 Å². The molecule has 0 saturated carbocycles. The third-order valence-corrected chi connectivity index (χ3v) is 7.29. The predicted molar refractivity (Wildman–Crippen MR) is 67.3 cm³/mol. The highest BCUT2D eigenvalue weighted by Crippen LogP contribution is 2.17. The summed E-state index contributed by atoms with van der Waals surface area (Å²) in [5, 5.41) is 0. The molecule has 0 radical (unpaired) electrons. The lowest BCUT2D eigenvalue weighted by Gasteiger charge is -2.29. The minimum absolute atomic E-state index is 0.207. The van der Waals surface area contributed by atoms with Crippen LogP contribution in [0.4, 0.5) is 0 Å². The molecule has 0 rings (SSSR count). The van der Waals surface area contributed by atoms with Gasteiger partial charge in [-0.1, -0.05) is 22.6 Å². The molecule has 78 valence electrons. The van der Waals surface area contributed by atoms with Crippen LogP contribution >= 0.6 is 22.6 Å². The zero-order chi connectivity index (χ0) is 10.5. The molecule has 0 aromatic carbocycles. The Morgan fingerprint density at radius 3 is 1.77 bits per heavy atom. The monoisotopic (exact) mass is 314 g/mol. The Labute approximate surface area is 96.1 Å². The Morgan fingerprint density at radius 2 is 1.62 bits per heavy atom. The van der Waals surface area contributed by atoms with Gasteiger partial charge in [-0.15, -0.1) is 6.58 Å². The van der Waals surface area contributed by atoms with Gasteiger partial charge in [0.15, 0.2) is 0 Å². The number of rotatable bonds is 6. The molecular weight excluding hydrogens is 295 g/mol. The van der Waals surface area contributed by atoms with Crippen LogP contribution in [-0.2, 0) is 8.85 Å². The summed E-state index contributed by atoms with van der Waals surface area (Å²) in [6, 6.07) is 0. The van der Waals surface area contributed by atoms with Crippen LogP contribution in [0, 0.1) is 0 Å². The maximum atomic E-state index is 5.84. The molecule has 0 spiro atoms. The van der Waals surface area contributed by atoms with Crippen LogP contribution in [-0.4, -0.2) is 24.8 Å². The summed E-state index contributed by atoms with van der Waals surface area (Å²) in [4.78, 5) is 0. The fourth-order valence-corrected chi connectivity index (χ4v) is 5.13. The molecule has 0 aliphatic rings. The molecule has 0 heterocycles. The molecule has 13 heavy (non-hydrogen) atoms. The van der Waals surface area contributed by atoms with Gasteiger partial charge in [-0.3, -0.25) is 0 Å². The fourth-order valence-electron chi connectivity index (χ4n) is 1.04. The van der Waals surface area contributed by atoms with Crippen LogP contribution in [0.15, 0.2) is 12.3 Å². The maximum absolute atomic E-state index is 5.84. The van der Waals surface area contributed by atoms with Crippen molar-refractivity contribution < 1.29 is 8.85 Å². The first-order valence-corrected chi connectivity index (χ1v) is 8.13. The minimum atomic E-state index is -2.12. The van der Waals surface area contributed by atoms with E-state index in [4.69, 9.17) is 8.85 Å². The molecule has 0 unspecified atom stereocenters. The van der Waals surface area contributed by atoms with Gasteiger partial charge in [0.25, 0.3) is 0 Å². The second kappa shape index (κ2) is 6.16. The van der Waals surface area contributed by atoms with Crippen LogP contribution < -0.4 is 0 Å². The molecule has 0 aliphatic heterocycles. The summed E-state index contributed by atoms with van der Waals surface area (Å²) in [6.07, 6.45) is 0.413. The second-order valence-corrected chi connectivity index (χ2v) is 8.54. The first kappa shape index (κ1) is 13.6. The lowest BCUT2D eigenvalue weighted by Crippen LogP contribution is -2.46. The summed E-state index contributed by atoms with van der Waals surface area (Å²) < 4.78 is 12.6. The molecule has 0 aliphatic carbocycles. The maximum Gasteiger partial charge on any atom is 0.374 e. The van der Waals surface area contributed by atoms with Crippen molar-refractivity contribution in [1.82, 2.24) is 0 Å². The molecule has 2 nitrogen and oxygen atoms in total. The van der Waals surface area contributed by atoms with Gasteiger partial charge in [0.05, 0.1) is 0 Å². The van der Waals surface area contributed by atoms with Crippen LogP contribution in [0.1, 0.15) is 27.7 Å². The van der Waals surface area contributed by atoms with Crippen LogP contribution in [0.3, 0.4) is 0 Å². The van der Waals surface area contributed by atoms with Crippen LogP contribution in [0.5, 0.6) is 0 Å². The summed E-state index contributed by atoms with van der Waals surface area (Å²) in [5.41, 5.74) is 1.87. The Kier molecular flexibility index (Phi) is 6.45. The average molecular weight is 314 g/mol. The van der Waals surface area contributed by atoms with Gasteiger partial charge in [0.2, 0.25) is 0 Å². The van der Waals surface area contributed by atoms with E-state index < -0.39 is 8.56 Å². The van der Waals surface area contributed by atoms with Gasteiger partial charge in [-0.05, 0) is 33.4 Å². The molecule has 0 N–H and O–H groups in total. The van der Waals surface area contributed by atoms with Gasteiger partial charge in [-0.25, -0.2) is 0 Å². The van der Waals surface area contributed by atoms with Gasteiger partial charge in [-0.2, -0.15) is 0 Å². The Balaban J connectivity index is 4.39. The Hall–Kier alpha value is 0.607. The first-order valence-electron chi connectivity index (χ1n) is 4.51. The first-order chi connectivity index (χ1) is 5.95. The lowest BCUT2D eigenvalue weighted by atomic mass is 10.5. The number of hydrogen-bond donors (Lipinski definition) is 0. The average Bonchev–Trinajstić information content (AvgIpc) is 2.01. The van der Waals surface area contributed by atoms with E-state index in [2.05, 4.69) is 29.2 Å². The van der Waals surface area contributed by atoms with Crippen molar-refractivity contribution in [2.24, 2.45) is 0 Å². The van der Waals surface area contributed by atoms with E-state index in [-0.39, 0.29) is 12.2 Å². The predicted octanol–water partition coefficient (Wildman–Crippen LogP) is 2.98. The zero-order valence-corrected chi connectivity index (χ0v) is 12.0. The van der Waals surface area contributed by atoms with Crippen LogP contribution in [0.25, 0.3) is 0 Å². The molecule has 0 aromatic heterocycles. The van der Waals surface area contributed by atoms with E-state index in [0.717, 1.165) is 4.05 Å². The normalized spacial score (nSPS) is 12.5. The topological polar surface area (TPSA) is 18.5 Å². The lowest BCUT2D eigenvalue weighted by molar-refractivity contribution is 0.119. The van der Waals surface area contributed by atoms with Gasteiger partial charge < -0.3 is 8.85 Å². The highest BCUT2D eigenvalue weighted by molar-refractivity contribution is 14.1. The fraction of sp³-hybridized carbons (Fsp3) is 0.778. The van der Waals surface area contributed by atoms with E-state index in [1.807, 2.05) is 33.4 Å². The smallest absolute Gasteiger partial charge is 0.374 e. The summed E-state index contributed by atoms with van der Waals surface area (Å²) >= 11 is 2.31. The third-order valence-electron chi connectivity index (χ3n) is 1.37. The quantitative estimate of drug-likeness (QED) is 0.426. The summed E-state index contributed by atoms with van der Waals surface area (Å²) in [6.45, 7) is 11.9. The van der Waals surface area contributed by atoms with Crippen molar-refractivity contribution in [3.8, 4) is 0 Å². The molecule has 4 heteroatoms. The SMILES string of the molecule is C=C[Si](CI)(OC(C)C)OC(C)C. The van der Waals surface area contributed by atoms with Gasteiger partial charge in [0, 0.05) is 16.3 Å². The molecule has 0 saturated heterocycles. The standard InChI is InChI=1S/C9H19IO2Si/c1-6-13(7-10,11-8(2)3)12-9(4)5/h6,8-9H,1,7H2,2-5H3. The number of halogens is 1. The van der Waals surface area contributed by atoms with E-state index in [1.165, 1.54) is 0 Å². The van der Waals surface area contributed by atoms with Crippen molar-refractivity contribution in [2.75, 3.05) is 4.05 Å². The molecule has 0 atom stereocenters. The third kappa shape index (κ3) is 5.14.